The van der Waals surface area contributed by atoms with Crippen molar-refractivity contribution < 1.29 is 13.7 Å². The monoisotopic (exact) mass is 759 g/mol. The van der Waals surface area contributed by atoms with E-state index in [1.165, 1.54) is 11.0 Å². The van der Waals surface area contributed by atoms with Gasteiger partial charge in [-0.3, -0.25) is 0 Å². The second kappa shape index (κ2) is 14.6. The Kier molecular flexibility index (Phi) is 6.33. The van der Waals surface area contributed by atoms with Crippen LogP contribution in [0.25, 0.3) is 87.6 Å². The lowest BCUT2D eigenvalue weighted by molar-refractivity contribution is 1.30. The number of hydrogen-bond donors (Lipinski definition) is 0. The van der Waals surface area contributed by atoms with Crippen LogP contribution in [0.3, 0.4) is 0 Å². The van der Waals surface area contributed by atoms with E-state index in [2.05, 4.69) is 36.4 Å². The molecule has 0 fully saturated rings. The molecule has 11 aromatic carbocycles. The molecule has 1 nitrogen and oxygen atoms in total. The lowest BCUT2D eigenvalue weighted by Crippen LogP contribution is -2.10. The maximum atomic E-state index is 9.88. The number of anilines is 3. The lowest BCUT2D eigenvalue weighted by Gasteiger charge is -2.27. The zero-order chi connectivity index (χ0) is 47.8. The van der Waals surface area contributed by atoms with E-state index in [1.54, 1.807) is 12.1 Å². The maximum Gasteiger partial charge on any atom is 0.0645 e. The summed E-state index contributed by atoms with van der Waals surface area (Å²) in [6.07, 6.45) is 0. The molecule has 0 aliphatic carbocycles. The molecule has 0 aliphatic heterocycles. The Labute approximate surface area is 358 Å². The van der Waals surface area contributed by atoms with Gasteiger partial charge in [-0.1, -0.05) is 200 Å². The SMILES string of the molecule is [2H]c1cc(N(c2cccc(-c3cccc4ccccc34)c2)c2c([2H])c([2H])c(-c3ccc4c(c3)c(-c3ccccc3)c(-c3ccccc3)c3ccccc34)c([2H])c2[2H])c2c([2H])c([2H])c([2H])c([2H])c2c1[2H]. The highest BCUT2D eigenvalue weighted by molar-refractivity contribution is 6.22. The summed E-state index contributed by atoms with van der Waals surface area (Å²) in [5, 5.41) is 5.59. The van der Waals surface area contributed by atoms with E-state index in [1.807, 2.05) is 121 Å². The number of hydrogen-bond acceptors (Lipinski definition) is 1. The Morgan fingerprint density at radius 3 is 1.71 bits per heavy atom. The number of fused-ring (bicyclic) bond motifs is 5. The molecule has 59 heavy (non-hydrogen) atoms. The van der Waals surface area contributed by atoms with Gasteiger partial charge >= 0.3 is 0 Å². The second-order valence-corrected chi connectivity index (χ2v) is 14.5. The summed E-state index contributed by atoms with van der Waals surface area (Å²) in [5.74, 6) is 0. The Morgan fingerprint density at radius 2 is 0.915 bits per heavy atom. The van der Waals surface area contributed by atoms with Crippen molar-refractivity contribution in [2.75, 3.05) is 4.90 Å². The van der Waals surface area contributed by atoms with Crippen LogP contribution >= 0.6 is 0 Å². The number of rotatable bonds is 7. The van der Waals surface area contributed by atoms with E-state index in [9.17, 15) is 6.85 Å². The van der Waals surface area contributed by atoms with Gasteiger partial charge in [0, 0.05) is 16.8 Å². The first kappa shape index (κ1) is 25.5. The molecule has 276 valence electrons. The van der Waals surface area contributed by atoms with Crippen LogP contribution in [0.1, 0.15) is 13.7 Å². The molecule has 0 atom stereocenters. The number of benzene rings is 11. The molecule has 0 aliphatic rings. The summed E-state index contributed by atoms with van der Waals surface area (Å²) in [4.78, 5) is 1.45. The molecule has 0 aromatic heterocycles. The highest BCUT2D eigenvalue weighted by atomic mass is 15.1. The summed E-state index contributed by atoms with van der Waals surface area (Å²) in [5.41, 5.74) is 6.30. The Bertz CT molecular complexity index is 3880. The average molecular weight is 760 g/mol. The minimum atomic E-state index is -0.564. The third-order valence-electron chi connectivity index (χ3n) is 11.1. The molecule has 0 amide bonds. The van der Waals surface area contributed by atoms with Crippen molar-refractivity contribution in [2.24, 2.45) is 0 Å². The van der Waals surface area contributed by atoms with Gasteiger partial charge in [0.1, 0.15) is 0 Å². The molecule has 11 aromatic rings. The molecular formula is C58H39N. The van der Waals surface area contributed by atoms with E-state index in [0.717, 1.165) is 65.7 Å². The van der Waals surface area contributed by atoms with Crippen molar-refractivity contribution >= 4 is 60.2 Å². The Hall–Kier alpha value is -7.74. The first-order chi connectivity index (χ1) is 33.4. The van der Waals surface area contributed by atoms with Gasteiger partial charge in [-0.15, -0.1) is 0 Å². The fourth-order valence-electron chi connectivity index (χ4n) is 8.42. The van der Waals surface area contributed by atoms with Crippen LogP contribution in [0.4, 0.5) is 17.1 Å². The third-order valence-corrected chi connectivity index (χ3v) is 11.1. The third kappa shape index (κ3) is 6.12. The van der Waals surface area contributed by atoms with Crippen LogP contribution in [-0.4, -0.2) is 0 Å². The maximum absolute atomic E-state index is 9.88. The quantitative estimate of drug-likeness (QED) is 0.146. The Morgan fingerprint density at radius 1 is 0.305 bits per heavy atom. The molecule has 0 saturated carbocycles. The summed E-state index contributed by atoms with van der Waals surface area (Å²) in [7, 11) is 0. The average Bonchev–Trinajstić information content (AvgIpc) is 3.38. The highest BCUT2D eigenvalue weighted by Gasteiger charge is 2.20. The first-order valence-corrected chi connectivity index (χ1v) is 19.5. The molecule has 0 saturated heterocycles. The van der Waals surface area contributed by atoms with E-state index in [4.69, 9.17) is 6.85 Å². The normalized spacial score (nSPS) is 13.8. The van der Waals surface area contributed by atoms with Crippen LogP contribution in [0.2, 0.25) is 0 Å². The molecule has 0 N–H and O–H groups in total. The van der Waals surface area contributed by atoms with Crippen LogP contribution in [0, 0.1) is 0 Å². The minimum absolute atomic E-state index is 0.000136. The van der Waals surface area contributed by atoms with Crippen molar-refractivity contribution in [1.29, 1.82) is 0 Å². The van der Waals surface area contributed by atoms with Gasteiger partial charge in [0.15, 0.2) is 0 Å². The van der Waals surface area contributed by atoms with Gasteiger partial charge in [0.25, 0.3) is 0 Å². The van der Waals surface area contributed by atoms with Crippen molar-refractivity contribution in [1.82, 2.24) is 0 Å². The van der Waals surface area contributed by atoms with E-state index < -0.39 is 42.3 Å². The van der Waals surface area contributed by atoms with Crippen molar-refractivity contribution in [2.45, 2.75) is 0 Å². The molecule has 1 heteroatoms. The summed E-state index contributed by atoms with van der Waals surface area (Å²) in [6.45, 7) is 0. The standard InChI is InChI=1S/C58H39N/c1-3-18-43(19-4-1)57-54-29-12-11-28-52(54)53-37-34-45(39-55(53)58(57)44-20-5-2-6-21-44)40-32-35-47(36-33-40)59(56-31-15-23-42-17-8-10-27-51(42)56)48-25-13-24-46(38-48)50-30-14-22-41-16-7-9-26-49(41)50/h1-39H/i8D,10D,15D,17D,23D,27D,32D,33D,35D,36D. The summed E-state index contributed by atoms with van der Waals surface area (Å²) in [6, 6.07) is 52.4. The van der Waals surface area contributed by atoms with Gasteiger partial charge in [-0.05, 0) is 119 Å². The molecule has 0 unspecified atom stereocenters. The van der Waals surface area contributed by atoms with Gasteiger partial charge in [0.05, 0.1) is 19.4 Å². The largest absolute Gasteiger partial charge is 0.310 e. The van der Waals surface area contributed by atoms with E-state index >= 15 is 0 Å². The number of nitrogens with zero attached hydrogens (tertiary/aromatic N) is 1. The smallest absolute Gasteiger partial charge is 0.0645 e. The predicted octanol–water partition coefficient (Wildman–Crippen LogP) is 16.4. The topological polar surface area (TPSA) is 3.24 Å². The first-order valence-electron chi connectivity index (χ1n) is 24.5. The molecule has 0 bridgehead atoms. The highest BCUT2D eigenvalue weighted by Crippen LogP contribution is 2.46. The molecule has 11 rings (SSSR count). The predicted molar refractivity (Wildman–Crippen MR) is 253 cm³/mol. The Balaban J connectivity index is 1.20. The van der Waals surface area contributed by atoms with E-state index in [0.29, 0.717) is 11.3 Å². The molecule has 0 spiro atoms. The van der Waals surface area contributed by atoms with E-state index in [-0.39, 0.29) is 45.8 Å². The molecular weight excluding hydrogens is 711 g/mol. The summed E-state index contributed by atoms with van der Waals surface area (Å²) < 4.78 is 92.5. The van der Waals surface area contributed by atoms with Gasteiger partial charge < -0.3 is 4.90 Å². The van der Waals surface area contributed by atoms with Gasteiger partial charge in [-0.25, -0.2) is 0 Å². The zero-order valence-electron chi connectivity index (χ0n) is 41.7. The van der Waals surface area contributed by atoms with Crippen molar-refractivity contribution in [3.05, 3.63) is 236 Å². The second-order valence-electron chi connectivity index (χ2n) is 14.5. The van der Waals surface area contributed by atoms with Crippen LogP contribution in [0.15, 0.2) is 236 Å². The van der Waals surface area contributed by atoms with Crippen LogP contribution in [0.5, 0.6) is 0 Å². The summed E-state index contributed by atoms with van der Waals surface area (Å²) >= 11 is 0. The fraction of sp³-hybridized carbons (Fsp3) is 0. The zero-order valence-corrected chi connectivity index (χ0v) is 31.7. The van der Waals surface area contributed by atoms with Gasteiger partial charge in [-0.2, -0.15) is 0 Å². The van der Waals surface area contributed by atoms with Crippen LogP contribution in [-0.2, 0) is 0 Å². The van der Waals surface area contributed by atoms with Crippen LogP contribution < -0.4 is 4.90 Å². The van der Waals surface area contributed by atoms with Crippen molar-refractivity contribution in [3.8, 4) is 44.5 Å². The van der Waals surface area contributed by atoms with Gasteiger partial charge in [0.2, 0.25) is 0 Å². The fourth-order valence-corrected chi connectivity index (χ4v) is 8.42. The minimum Gasteiger partial charge on any atom is -0.310 e. The molecule has 0 heterocycles. The lowest BCUT2D eigenvalue weighted by atomic mass is 9.84. The molecule has 0 radical (unpaired) electrons. The van der Waals surface area contributed by atoms with Crippen molar-refractivity contribution in [3.63, 3.8) is 0 Å².